The molecule has 2 N–H and O–H groups in total. The maximum Gasteiger partial charge on any atom is 0.261 e. The fraction of sp³-hybridized carbons (Fsp3) is 0.250. The zero-order valence-electron chi connectivity index (χ0n) is 6.62. The van der Waals surface area contributed by atoms with Gasteiger partial charge in [0, 0.05) is 6.20 Å². The van der Waals surface area contributed by atoms with Crippen molar-refractivity contribution >= 4 is 5.91 Å². The van der Waals surface area contributed by atoms with Crippen molar-refractivity contribution in [3.8, 4) is 0 Å². The van der Waals surface area contributed by atoms with Crippen LogP contribution in [0.2, 0.25) is 0 Å². The third kappa shape index (κ3) is 1.42. The van der Waals surface area contributed by atoms with E-state index in [2.05, 4.69) is 4.98 Å². The quantitative estimate of drug-likeness (QED) is 0.708. The summed E-state index contributed by atoms with van der Waals surface area (Å²) in [5, 5.41) is 0. The first-order chi connectivity index (χ1) is 5.55. The van der Waals surface area contributed by atoms with Gasteiger partial charge in [0.05, 0.1) is 5.69 Å². The van der Waals surface area contributed by atoms with Crippen LogP contribution in [0.4, 0.5) is 4.39 Å². The molecule has 1 aromatic heterocycles. The second kappa shape index (κ2) is 2.89. The third-order valence-electron chi connectivity index (χ3n) is 1.61. The molecule has 1 rings (SSSR count). The van der Waals surface area contributed by atoms with Crippen LogP contribution in [0, 0.1) is 0 Å². The molecule has 0 saturated carbocycles. The summed E-state index contributed by atoms with van der Waals surface area (Å²) in [5.74, 6) is -1.03. The van der Waals surface area contributed by atoms with Gasteiger partial charge < -0.3 is 5.73 Å². The third-order valence-corrected chi connectivity index (χ3v) is 1.61. The highest BCUT2D eigenvalue weighted by Crippen LogP contribution is 2.21. The summed E-state index contributed by atoms with van der Waals surface area (Å²) in [6.45, 7) is 1.09. The SMILES string of the molecule is C[C@@](F)(C(N)=O)c1ccccn1. The average Bonchev–Trinajstić information content (AvgIpc) is 2.06. The summed E-state index contributed by atoms with van der Waals surface area (Å²) in [6.07, 6.45) is 1.41. The van der Waals surface area contributed by atoms with Crippen LogP contribution in [0.3, 0.4) is 0 Å². The number of primary amides is 1. The molecule has 1 heterocycles. The van der Waals surface area contributed by atoms with Crippen molar-refractivity contribution in [1.29, 1.82) is 0 Å². The van der Waals surface area contributed by atoms with Crippen LogP contribution in [-0.2, 0) is 10.5 Å². The molecule has 0 aliphatic rings. The van der Waals surface area contributed by atoms with Crippen LogP contribution in [0.5, 0.6) is 0 Å². The Labute approximate surface area is 69.4 Å². The Morgan fingerprint density at radius 3 is 2.75 bits per heavy atom. The van der Waals surface area contributed by atoms with E-state index in [0.29, 0.717) is 0 Å². The highest BCUT2D eigenvalue weighted by Gasteiger charge is 2.33. The monoisotopic (exact) mass is 168 g/mol. The fourth-order valence-electron chi connectivity index (χ4n) is 0.767. The molecule has 3 nitrogen and oxygen atoms in total. The molecule has 0 saturated heterocycles. The number of pyridine rings is 1. The van der Waals surface area contributed by atoms with Crippen LogP contribution in [0.25, 0.3) is 0 Å². The maximum atomic E-state index is 13.4. The summed E-state index contributed by atoms with van der Waals surface area (Å²) in [4.78, 5) is 14.3. The number of nitrogens with zero attached hydrogens (tertiary/aromatic N) is 1. The zero-order valence-corrected chi connectivity index (χ0v) is 6.62. The molecule has 0 aliphatic heterocycles. The Hall–Kier alpha value is -1.45. The van der Waals surface area contributed by atoms with E-state index in [4.69, 9.17) is 5.73 Å². The number of nitrogens with two attached hydrogens (primary N) is 1. The second-order valence-corrected chi connectivity index (χ2v) is 2.58. The van der Waals surface area contributed by atoms with Crippen molar-refractivity contribution in [2.45, 2.75) is 12.6 Å². The van der Waals surface area contributed by atoms with Gasteiger partial charge in [0.15, 0.2) is 0 Å². The highest BCUT2D eigenvalue weighted by molar-refractivity contribution is 5.83. The molecule has 0 spiro atoms. The van der Waals surface area contributed by atoms with E-state index in [1.807, 2.05) is 0 Å². The molecule has 64 valence electrons. The number of halogens is 1. The van der Waals surface area contributed by atoms with E-state index in [1.165, 1.54) is 12.3 Å². The minimum atomic E-state index is -2.18. The van der Waals surface area contributed by atoms with E-state index in [9.17, 15) is 9.18 Å². The van der Waals surface area contributed by atoms with Crippen molar-refractivity contribution in [2.24, 2.45) is 5.73 Å². The normalized spacial score (nSPS) is 15.2. The molecule has 0 bridgehead atoms. The number of carbonyl (C=O) groups is 1. The largest absolute Gasteiger partial charge is 0.367 e. The molecule has 12 heavy (non-hydrogen) atoms. The molecule has 1 aromatic rings. The Morgan fingerprint density at radius 2 is 2.33 bits per heavy atom. The number of aromatic nitrogens is 1. The summed E-state index contributed by atoms with van der Waals surface area (Å²) in [6, 6.07) is 4.66. The Balaban J connectivity index is 3.06. The maximum absolute atomic E-state index is 13.4. The van der Waals surface area contributed by atoms with Crippen LogP contribution in [0.1, 0.15) is 12.6 Å². The fourth-order valence-corrected chi connectivity index (χ4v) is 0.767. The first-order valence-corrected chi connectivity index (χ1v) is 3.45. The van der Waals surface area contributed by atoms with E-state index in [-0.39, 0.29) is 5.69 Å². The van der Waals surface area contributed by atoms with Gasteiger partial charge in [0.25, 0.3) is 5.91 Å². The van der Waals surface area contributed by atoms with E-state index >= 15 is 0 Å². The van der Waals surface area contributed by atoms with Gasteiger partial charge in [-0.15, -0.1) is 0 Å². The van der Waals surface area contributed by atoms with Crippen LogP contribution < -0.4 is 5.73 Å². The van der Waals surface area contributed by atoms with Crippen molar-refractivity contribution in [3.63, 3.8) is 0 Å². The van der Waals surface area contributed by atoms with Gasteiger partial charge in [-0.05, 0) is 19.1 Å². The molecule has 1 atom stereocenters. The summed E-state index contributed by atoms with van der Waals surface area (Å²) in [5.41, 5.74) is 2.71. The van der Waals surface area contributed by atoms with Crippen LogP contribution in [-0.4, -0.2) is 10.9 Å². The van der Waals surface area contributed by atoms with Gasteiger partial charge in [0.2, 0.25) is 5.67 Å². The number of alkyl halides is 1. The zero-order chi connectivity index (χ0) is 9.19. The average molecular weight is 168 g/mol. The molecule has 0 unspecified atom stereocenters. The molecule has 4 heteroatoms. The van der Waals surface area contributed by atoms with Crippen molar-refractivity contribution in [2.75, 3.05) is 0 Å². The van der Waals surface area contributed by atoms with Gasteiger partial charge in [0.1, 0.15) is 0 Å². The number of rotatable bonds is 2. The first kappa shape index (κ1) is 8.64. The Kier molecular flexibility index (Phi) is 2.08. The van der Waals surface area contributed by atoms with Gasteiger partial charge in [-0.1, -0.05) is 6.07 Å². The molecule has 1 amide bonds. The molecule has 0 aromatic carbocycles. The highest BCUT2D eigenvalue weighted by atomic mass is 19.1. The predicted molar refractivity (Wildman–Crippen MR) is 41.9 cm³/mol. The van der Waals surface area contributed by atoms with Gasteiger partial charge in [-0.25, -0.2) is 4.39 Å². The van der Waals surface area contributed by atoms with E-state index < -0.39 is 11.6 Å². The summed E-state index contributed by atoms with van der Waals surface area (Å²) in [7, 11) is 0. The lowest BCUT2D eigenvalue weighted by atomic mass is 10.0. The molecule has 0 aliphatic carbocycles. The lowest BCUT2D eigenvalue weighted by Crippen LogP contribution is -2.34. The lowest BCUT2D eigenvalue weighted by molar-refractivity contribution is -0.129. The smallest absolute Gasteiger partial charge is 0.261 e. The van der Waals surface area contributed by atoms with Gasteiger partial charge >= 0.3 is 0 Å². The van der Waals surface area contributed by atoms with E-state index in [0.717, 1.165) is 6.92 Å². The van der Waals surface area contributed by atoms with Crippen molar-refractivity contribution < 1.29 is 9.18 Å². The Morgan fingerprint density at radius 1 is 1.67 bits per heavy atom. The van der Waals surface area contributed by atoms with Gasteiger partial charge in [-0.2, -0.15) is 0 Å². The van der Waals surface area contributed by atoms with Crippen LogP contribution >= 0.6 is 0 Å². The lowest BCUT2D eigenvalue weighted by Gasteiger charge is -2.14. The molecular weight excluding hydrogens is 159 g/mol. The number of carbonyl (C=O) groups excluding carboxylic acids is 1. The van der Waals surface area contributed by atoms with Crippen molar-refractivity contribution in [3.05, 3.63) is 30.1 Å². The van der Waals surface area contributed by atoms with E-state index in [1.54, 1.807) is 12.1 Å². The predicted octanol–water partition coefficient (Wildman–Crippen LogP) is 0.752. The Bertz CT molecular complexity index is 284. The summed E-state index contributed by atoms with van der Waals surface area (Å²) >= 11 is 0. The number of amides is 1. The van der Waals surface area contributed by atoms with Crippen molar-refractivity contribution in [1.82, 2.24) is 4.98 Å². The van der Waals surface area contributed by atoms with Gasteiger partial charge in [-0.3, -0.25) is 9.78 Å². The van der Waals surface area contributed by atoms with Crippen LogP contribution in [0.15, 0.2) is 24.4 Å². The minimum Gasteiger partial charge on any atom is -0.367 e. The standard InChI is InChI=1S/C8H9FN2O/c1-8(9,7(10)12)6-4-2-3-5-11-6/h2-5H,1H3,(H2,10,12)/t8-/m0/s1. The number of hydrogen-bond acceptors (Lipinski definition) is 2. The molecule has 0 fully saturated rings. The minimum absolute atomic E-state index is 0.0394. The molecular formula is C8H9FN2O. The molecule has 0 radical (unpaired) electrons. The topological polar surface area (TPSA) is 56.0 Å². The first-order valence-electron chi connectivity index (χ1n) is 3.45. The summed E-state index contributed by atoms with van der Waals surface area (Å²) < 4.78 is 13.4. The second-order valence-electron chi connectivity index (χ2n) is 2.58. The number of hydrogen-bond donors (Lipinski definition) is 1.